The van der Waals surface area contributed by atoms with Crippen LogP contribution < -0.4 is 0 Å². The average molecular weight is 246 g/mol. The zero-order valence-electron chi connectivity index (χ0n) is 8.81. The van der Waals surface area contributed by atoms with E-state index in [1.54, 1.807) is 6.07 Å². The summed E-state index contributed by atoms with van der Waals surface area (Å²) in [6.07, 6.45) is 0.586. The quantitative estimate of drug-likeness (QED) is 0.483. The third-order valence-electron chi connectivity index (χ3n) is 3.09. The number of benzene rings is 2. The summed E-state index contributed by atoms with van der Waals surface area (Å²) >= 11 is 5.90. The molecule has 4 heteroatoms. The fourth-order valence-electron chi connectivity index (χ4n) is 2.36. The van der Waals surface area contributed by atoms with Crippen LogP contribution in [0.2, 0.25) is 5.02 Å². The molecule has 0 saturated heterocycles. The summed E-state index contributed by atoms with van der Waals surface area (Å²) in [7, 11) is 0. The molecule has 0 amide bonds. The highest BCUT2D eigenvalue weighted by molar-refractivity contribution is 6.33. The van der Waals surface area contributed by atoms with Gasteiger partial charge in [0.2, 0.25) is 0 Å². The first kappa shape index (κ1) is 10.3. The zero-order valence-corrected chi connectivity index (χ0v) is 9.57. The number of hydrogen-bond donors (Lipinski definition) is 0. The van der Waals surface area contributed by atoms with E-state index in [9.17, 15) is 10.1 Å². The van der Waals surface area contributed by atoms with Gasteiger partial charge in [0, 0.05) is 12.0 Å². The number of halogens is 1. The van der Waals surface area contributed by atoms with Crippen LogP contribution in [0.5, 0.6) is 0 Å². The highest BCUT2D eigenvalue weighted by atomic mass is 35.5. The lowest BCUT2D eigenvalue weighted by molar-refractivity contribution is -0.385. The lowest BCUT2D eigenvalue weighted by atomic mass is 10.1. The van der Waals surface area contributed by atoms with Gasteiger partial charge in [0.15, 0.2) is 0 Å². The molecule has 0 aromatic heterocycles. The maximum atomic E-state index is 11.1. The van der Waals surface area contributed by atoms with Crippen LogP contribution in [0.3, 0.4) is 0 Å². The highest BCUT2D eigenvalue weighted by Crippen LogP contribution is 2.43. The Hall–Kier alpha value is -1.87. The number of nitrogens with zero attached hydrogens (tertiary/aromatic N) is 1. The molecule has 1 aliphatic carbocycles. The minimum atomic E-state index is -0.396. The molecule has 0 fully saturated rings. The summed E-state index contributed by atoms with van der Waals surface area (Å²) in [6.45, 7) is 0. The first-order valence-electron chi connectivity index (χ1n) is 5.22. The lowest BCUT2D eigenvalue weighted by Crippen LogP contribution is -1.95. The van der Waals surface area contributed by atoms with Crippen LogP contribution in [0.25, 0.3) is 11.1 Å². The Balaban J connectivity index is 2.31. The van der Waals surface area contributed by atoms with Gasteiger partial charge in [-0.05, 0) is 22.8 Å². The molecule has 0 unspecified atom stereocenters. The molecule has 0 aliphatic heterocycles. The van der Waals surface area contributed by atoms with E-state index in [1.165, 1.54) is 0 Å². The summed E-state index contributed by atoms with van der Waals surface area (Å²) in [5, 5.41) is 11.3. The molecular weight excluding hydrogens is 238 g/mol. The minimum absolute atomic E-state index is 0.0420. The van der Waals surface area contributed by atoms with Crippen molar-refractivity contribution in [2.45, 2.75) is 6.42 Å². The van der Waals surface area contributed by atoms with Gasteiger partial charge in [-0.3, -0.25) is 10.1 Å². The molecule has 0 saturated carbocycles. The van der Waals surface area contributed by atoms with E-state index in [-0.39, 0.29) is 10.7 Å². The summed E-state index contributed by atoms with van der Waals surface area (Å²) < 4.78 is 0. The molecule has 0 bridgehead atoms. The number of hydrogen-bond acceptors (Lipinski definition) is 2. The van der Waals surface area contributed by atoms with Crippen LogP contribution in [-0.2, 0) is 6.42 Å². The zero-order chi connectivity index (χ0) is 12.0. The van der Waals surface area contributed by atoms with E-state index in [1.807, 2.05) is 30.3 Å². The van der Waals surface area contributed by atoms with Gasteiger partial charge in [0.05, 0.1) is 4.92 Å². The maximum absolute atomic E-state index is 11.1. The van der Waals surface area contributed by atoms with Crippen molar-refractivity contribution in [3.8, 4) is 11.1 Å². The molecule has 0 spiro atoms. The highest BCUT2D eigenvalue weighted by Gasteiger charge is 2.28. The predicted molar refractivity (Wildman–Crippen MR) is 66.3 cm³/mol. The Bertz CT molecular complexity index is 637. The normalized spacial score (nSPS) is 12.1. The van der Waals surface area contributed by atoms with E-state index in [0.717, 1.165) is 22.3 Å². The maximum Gasteiger partial charge on any atom is 0.291 e. The number of nitro groups is 1. The van der Waals surface area contributed by atoms with Gasteiger partial charge in [-0.2, -0.15) is 0 Å². The molecule has 3 rings (SSSR count). The number of nitro benzene ring substituents is 1. The second kappa shape index (κ2) is 3.57. The molecule has 17 heavy (non-hydrogen) atoms. The second-order valence-corrected chi connectivity index (χ2v) is 4.42. The van der Waals surface area contributed by atoms with Gasteiger partial charge in [-0.25, -0.2) is 0 Å². The Kier molecular flexibility index (Phi) is 2.16. The lowest BCUT2D eigenvalue weighted by Gasteiger charge is -2.02. The molecule has 2 aromatic rings. The van der Waals surface area contributed by atoms with Crippen molar-refractivity contribution >= 4 is 17.3 Å². The van der Waals surface area contributed by atoms with Crippen LogP contribution in [0.4, 0.5) is 5.69 Å². The standard InChI is InChI=1S/C13H8ClNO2/c14-12-6-5-10-9-4-2-1-3-8(9)7-11(10)13(12)15(16)17/h1-6H,7H2. The molecule has 84 valence electrons. The van der Waals surface area contributed by atoms with E-state index < -0.39 is 4.92 Å². The van der Waals surface area contributed by atoms with Crippen molar-refractivity contribution in [2.24, 2.45) is 0 Å². The van der Waals surface area contributed by atoms with Gasteiger partial charge in [0.25, 0.3) is 5.69 Å². The molecule has 0 N–H and O–H groups in total. The SMILES string of the molecule is O=[N+]([O-])c1c(Cl)ccc2c1Cc1ccccc1-2. The topological polar surface area (TPSA) is 43.1 Å². The van der Waals surface area contributed by atoms with Crippen molar-refractivity contribution < 1.29 is 4.92 Å². The molecular formula is C13H8ClNO2. The summed E-state index contributed by atoms with van der Waals surface area (Å²) in [6, 6.07) is 11.3. The van der Waals surface area contributed by atoms with Gasteiger partial charge in [-0.1, -0.05) is 41.9 Å². The monoisotopic (exact) mass is 245 g/mol. The third-order valence-corrected chi connectivity index (χ3v) is 3.40. The largest absolute Gasteiger partial charge is 0.291 e. The van der Waals surface area contributed by atoms with Crippen molar-refractivity contribution in [3.05, 3.63) is 62.7 Å². The van der Waals surface area contributed by atoms with Crippen LogP contribution in [0.1, 0.15) is 11.1 Å². The predicted octanol–water partition coefficient (Wildman–Crippen LogP) is 3.82. The Labute approximate surface area is 103 Å². The van der Waals surface area contributed by atoms with Gasteiger partial charge in [-0.15, -0.1) is 0 Å². The van der Waals surface area contributed by atoms with Crippen molar-refractivity contribution in [1.82, 2.24) is 0 Å². The summed E-state index contributed by atoms with van der Waals surface area (Å²) in [4.78, 5) is 10.7. The van der Waals surface area contributed by atoms with Gasteiger partial charge < -0.3 is 0 Å². The third kappa shape index (κ3) is 1.43. The summed E-state index contributed by atoms with van der Waals surface area (Å²) in [5.74, 6) is 0. The first-order chi connectivity index (χ1) is 8.18. The fourth-order valence-corrected chi connectivity index (χ4v) is 2.61. The Morgan fingerprint density at radius 2 is 1.88 bits per heavy atom. The van der Waals surface area contributed by atoms with Gasteiger partial charge in [0.1, 0.15) is 5.02 Å². The van der Waals surface area contributed by atoms with Crippen LogP contribution in [-0.4, -0.2) is 4.92 Å². The van der Waals surface area contributed by atoms with E-state index in [4.69, 9.17) is 11.6 Å². The van der Waals surface area contributed by atoms with Gasteiger partial charge >= 0.3 is 0 Å². The van der Waals surface area contributed by atoms with Crippen LogP contribution in [0, 0.1) is 10.1 Å². The minimum Gasteiger partial charge on any atom is -0.258 e. The molecule has 0 atom stereocenters. The Morgan fingerprint density at radius 1 is 1.12 bits per heavy atom. The van der Waals surface area contributed by atoms with Crippen molar-refractivity contribution in [2.75, 3.05) is 0 Å². The molecule has 0 radical (unpaired) electrons. The molecule has 2 aromatic carbocycles. The molecule has 3 nitrogen and oxygen atoms in total. The smallest absolute Gasteiger partial charge is 0.258 e. The van der Waals surface area contributed by atoms with Crippen LogP contribution in [0.15, 0.2) is 36.4 Å². The van der Waals surface area contributed by atoms with Crippen molar-refractivity contribution in [1.29, 1.82) is 0 Å². The number of rotatable bonds is 1. The van der Waals surface area contributed by atoms with Crippen molar-refractivity contribution in [3.63, 3.8) is 0 Å². The van der Waals surface area contributed by atoms with E-state index >= 15 is 0 Å². The van der Waals surface area contributed by atoms with Crippen LogP contribution >= 0.6 is 11.6 Å². The Morgan fingerprint density at radius 3 is 2.65 bits per heavy atom. The molecule has 0 heterocycles. The van der Waals surface area contributed by atoms with E-state index in [0.29, 0.717) is 6.42 Å². The summed E-state index contributed by atoms with van der Waals surface area (Å²) in [5.41, 5.74) is 3.89. The van der Waals surface area contributed by atoms with E-state index in [2.05, 4.69) is 0 Å². The first-order valence-corrected chi connectivity index (χ1v) is 5.60. The average Bonchev–Trinajstić information content (AvgIpc) is 2.66. The second-order valence-electron chi connectivity index (χ2n) is 4.01. The molecule has 1 aliphatic rings. The fraction of sp³-hybridized carbons (Fsp3) is 0.0769. The number of fused-ring (bicyclic) bond motifs is 3.